The summed E-state index contributed by atoms with van der Waals surface area (Å²) in [4.78, 5) is 0. The molecule has 2 nitrogen and oxygen atoms in total. The predicted molar refractivity (Wildman–Crippen MR) is 81.9 cm³/mol. The number of nitrogens with one attached hydrogen (secondary N) is 1. The van der Waals surface area contributed by atoms with Crippen LogP contribution in [0.5, 0.6) is 0 Å². The van der Waals surface area contributed by atoms with E-state index < -0.39 is 17.7 Å². The van der Waals surface area contributed by atoms with E-state index in [0.29, 0.717) is 0 Å². The molecule has 0 amide bonds. The second-order valence-electron chi connectivity index (χ2n) is 4.86. The Morgan fingerprint density at radius 1 is 1.14 bits per heavy atom. The van der Waals surface area contributed by atoms with Crippen molar-refractivity contribution in [3.05, 3.63) is 69.7 Å². The van der Waals surface area contributed by atoms with E-state index in [4.69, 9.17) is 0 Å². The zero-order valence-corrected chi connectivity index (χ0v) is 13.1. The normalized spacial score (nSPS) is 14.0. The average Bonchev–Trinajstić information content (AvgIpc) is 2.47. The third kappa shape index (κ3) is 4.33. The molecule has 0 saturated carbocycles. The Bertz CT molecular complexity index is 604. The first-order valence-electron chi connectivity index (χ1n) is 6.59. The standard InChI is InChI=1S/C16H16BrF2NO/c1-10(11-2-4-12(17)5-3-11)20-9-16(21)14-8-13(18)6-7-15(14)19/h2-8,10,16,20-21H,9H2,1H3/t10-,16?/m0/s1. The van der Waals surface area contributed by atoms with Crippen molar-refractivity contribution in [2.24, 2.45) is 0 Å². The lowest BCUT2D eigenvalue weighted by atomic mass is 10.1. The van der Waals surface area contributed by atoms with Crippen LogP contribution in [0.15, 0.2) is 46.9 Å². The molecule has 2 N–H and O–H groups in total. The molecule has 0 aliphatic carbocycles. The van der Waals surface area contributed by atoms with Crippen molar-refractivity contribution in [1.29, 1.82) is 0 Å². The van der Waals surface area contributed by atoms with Crippen molar-refractivity contribution in [2.45, 2.75) is 19.1 Å². The summed E-state index contributed by atoms with van der Waals surface area (Å²) in [7, 11) is 0. The average molecular weight is 356 g/mol. The minimum atomic E-state index is -1.10. The smallest absolute Gasteiger partial charge is 0.129 e. The van der Waals surface area contributed by atoms with Gasteiger partial charge in [0.25, 0.3) is 0 Å². The molecule has 2 rings (SSSR count). The molecule has 21 heavy (non-hydrogen) atoms. The topological polar surface area (TPSA) is 32.3 Å². The summed E-state index contributed by atoms with van der Waals surface area (Å²) in [5.41, 5.74) is 1.01. The van der Waals surface area contributed by atoms with Crippen molar-refractivity contribution >= 4 is 15.9 Å². The fourth-order valence-corrected chi connectivity index (χ4v) is 2.30. The van der Waals surface area contributed by atoms with E-state index in [9.17, 15) is 13.9 Å². The van der Waals surface area contributed by atoms with Crippen molar-refractivity contribution in [2.75, 3.05) is 6.54 Å². The molecule has 0 bridgehead atoms. The molecule has 2 atom stereocenters. The van der Waals surface area contributed by atoms with Gasteiger partial charge in [0.2, 0.25) is 0 Å². The molecular weight excluding hydrogens is 340 g/mol. The first kappa shape index (κ1) is 16.1. The van der Waals surface area contributed by atoms with Gasteiger partial charge in [-0.2, -0.15) is 0 Å². The van der Waals surface area contributed by atoms with E-state index >= 15 is 0 Å². The van der Waals surface area contributed by atoms with Crippen LogP contribution in [-0.4, -0.2) is 11.7 Å². The first-order chi connectivity index (χ1) is 9.97. The Balaban J connectivity index is 1.98. The molecule has 0 aliphatic rings. The van der Waals surface area contributed by atoms with Crippen molar-refractivity contribution < 1.29 is 13.9 Å². The lowest BCUT2D eigenvalue weighted by molar-refractivity contribution is 0.166. The van der Waals surface area contributed by atoms with Crippen LogP contribution in [0.1, 0.15) is 30.2 Å². The van der Waals surface area contributed by atoms with E-state index in [1.165, 1.54) is 0 Å². The number of hydrogen-bond acceptors (Lipinski definition) is 2. The SMILES string of the molecule is C[C@H](NCC(O)c1cc(F)ccc1F)c1ccc(Br)cc1. The summed E-state index contributed by atoms with van der Waals surface area (Å²) >= 11 is 3.36. The van der Waals surface area contributed by atoms with E-state index in [-0.39, 0.29) is 18.2 Å². The lowest BCUT2D eigenvalue weighted by Gasteiger charge is -2.18. The molecule has 0 saturated heterocycles. The molecular formula is C16H16BrF2NO. The number of rotatable bonds is 5. The summed E-state index contributed by atoms with van der Waals surface area (Å²) in [5.74, 6) is -1.17. The molecule has 0 fully saturated rings. The molecule has 0 heterocycles. The van der Waals surface area contributed by atoms with Gasteiger partial charge in [-0.05, 0) is 42.8 Å². The van der Waals surface area contributed by atoms with Crippen LogP contribution in [0, 0.1) is 11.6 Å². The van der Waals surface area contributed by atoms with E-state index in [1.807, 2.05) is 31.2 Å². The van der Waals surface area contributed by atoms with Gasteiger partial charge in [0, 0.05) is 22.6 Å². The van der Waals surface area contributed by atoms with Gasteiger partial charge in [-0.25, -0.2) is 8.78 Å². The highest BCUT2D eigenvalue weighted by molar-refractivity contribution is 9.10. The maximum Gasteiger partial charge on any atom is 0.129 e. The molecule has 112 valence electrons. The van der Waals surface area contributed by atoms with Gasteiger partial charge >= 0.3 is 0 Å². The van der Waals surface area contributed by atoms with Gasteiger partial charge in [-0.3, -0.25) is 0 Å². The number of aliphatic hydroxyl groups excluding tert-OH is 1. The van der Waals surface area contributed by atoms with Gasteiger partial charge < -0.3 is 10.4 Å². The van der Waals surface area contributed by atoms with Crippen LogP contribution in [-0.2, 0) is 0 Å². The number of benzene rings is 2. The zero-order chi connectivity index (χ0) is 15.4. The monoisotopic (exact) mass is 355 g/mol. The van der Waals surface area contributed by atoms with Gasteiger partial charge in [0.15, 0.2) is 0 Å². The van der Waals surface area contributed by atoms with E-state index in [2.05, 4.69) is 21.2 Å². The fourth-order valence-electron chi connectivity index (χ4n) is 2.04. The number of hydrogen-bond donors (Lipinski definition) is 2. The van der Waals surface area contributed by atoms with Crippen LogP contribution in [0.4, 0.5) is 8.78 Å². The Kier molecular flexibility index (Phi) is 5.45. The Labute approximate surface area is 130 Å². The summed E-state index contributed by atoms with van der Waals surface area (Å²) in [6, 6.07) is 10.8. The maximum absolute atomic E-state index is 13.6. The Morgan fingerprint density at radius 3 is 2.48 bits per heavy atom. The van der Waals surface area contributed by atoms with Crippen LogP contribution < -0.4 is 5.32 Å². The number of aliphatic hydroxyl groups is 1. The van der Waals surface area contributed by atoms with Crippen molar-refractivity contribution in [1.82, 2.24) is 5.32 Å². The van der Waals surface area contributed by atoms with Crippen LogP contribution in [0.25, 0.3) is 0 Å². The highest BCUT2D eigenvalue weighted by Crippen LogP contribution is 2.20. The van der Waals surface area contributed by atoms with Crippen LogP contribution in [0.2, 0.25) is 0 Å². The third-order valence-electron chi connectivity index (χ3n) is 3.30. The molecule has 1 unspecified atom stereocenters. The number of halogens is 3. The largest absolute Gasteiger partial charge is 0.387 e. The Morgan fingerprint density at radius 2 is 1.81 bits per heavy atom. The summed E-state index contributed by atoms with van der Waals surface area (Å²) in [5, 5.41) is 13.1. The molecule has 5 heteroatoms. The van der Waals surface area contributed by atoms with Gasteiger partial charge in [-0.1, -0.05) is 28.1 Å². The second kappa shape index (κ2) is 7.11. The van der Waals surface area contributed by atoms with E-state index in [0.717, 1.165) is 28.2 Å². The highest BCUT2D eigenvalue weighted by Gasteiger charge is 2.15. The summed E-state index contributed by atoms with van der Waals surface area (Å²) in [6.07, 6.45) is -1.10. The molecule has 0 aromatic heterocycles. The summed E-state index contributed by atoms with van der Waals surface area (Å²) in [6.45, 7) is 2.08. The Hall–Kier alpha value is -1.30. The van der Waals surface area contributed by atoms with Gasteiger partial charge in [0.05, 0.1) is 6.10 Å². The van der Waals surface area contributed by atoms with Crippen LogP contribution >= 0.6 is 15.9 Å². The minimum Gasteiger partial charge on any atom is -0.387 e. The lowest BCUT2D eigenvalue weighted by Crippen LogP contribution is -2.25. The maximum atomic E-state index is 13.6. The molecule has 0 aliphatic heterocycles. The third-order valence-corrected chi connectivity index (χ3v) is 3.83. The quantitative estimate of drug-likeness (QED) is 0.845. The predicted octanol–water partition coefficient (Wildman–Crippen LogP) is 4.11. The zero-order valence-electron chi connectivity index (χ0n) is 11.5. The van der Waals surface area contributed by atoms with Crippen molar-refractivity contribution in [3.63, 3.8) is 0 Å². The molecule has 0 spiro atoms. The molecule has 0 radical (unpaired) electrons. The van der Waals surface area contributed by atoms with Gasteiger partial charge in [-0.15, -0.1) is 0 Å². The van der Waals surface area contributed by atoms with Gasteiger partial charge in [0.1, 0.15) is 11.6 Å². The van der Waals surface area contributed by atoms with Crippen molar-refractivity contribution in [3.8, 4) is 0 Å². The minimum absolute atomic E-state index is 0.00984. The molecule has 2 aromatic rings. The molecule has 2 aromatic carbocycles. The van der Waals surface area contributed by atoms with E-state index in [1.54, 1.807) is 0 Å². The highest BCUT2D eigenvalue weighted by atomic mass is 79.9. The van der Waals surface area contributed by atoms with Crippen LogP contribution in [0.3, 0.4) is 0 Å². The fraction of sp³-hybridized carbons (Fsp3) is 0.250. The first-order valence-corrected chi connectivity index (χ1v) is 7.38. The second-order valence-corrected chi connectivity index (χ2v) is 5.78. The summed E-state index contributed by atoms with van der Waals surface area (Å²) < 4.78 is 27.6.